The van der Waals surface area contributed by atoms with E-state index in [-0.39, 0.29) is 0 Å². The summed E-state index contributed by atoms with van der Waals surface area (Å²) in [6, 6.07) is 5.42. The van der Waals surface area contributed by atoms with Crippen LogP contribution in [0.3, 0.4) is 0 Å². The van der Waals surface area contributed by atoms with Gasteiger partial charge in [0.25, 0.3) is 0 Å². The second kappa shape index (κ2) is 4.67. The lowest BCUT2D eigenvalue weighted by molar-refractivity contribution is 0.438. The molecule has 1 rings (SSSR count). The number of nitrogens with zero attached hydrogens (tertiary/aromatic N) is 2. The van der Waals surface area contributed by atoms with Gasteiger partial charge in [-0.3, -0.25) is 0 Å². The van der Waals surface area contributed by atoms with E-state index < -0.39 is 0 Å². The van der Waals surface area contributed by atoms with Crippen molar-refractivity contribution in [3.63, 3.8) is 0 Å². The summed E-state index contributed by atoms with van der Waals surface area (Å²) in [5.41, 5.74) is 1.61. The van der Waals surface area contributed by atoms with E-state index in [1.807, 2.05) is 27.1 Å². The molecule has 4 heteroatoms. The van der Waals surface area contributed by atoms with Crippen LogP contribution in [0.2, 0.25) is 10.0 Å². The molecule has 1 aromatic carbocycles. The summed E-state index contributed by atoms with van der Waals surface area (Å²) in [7, 11) is 3.71. The van der Waals surface area contributed by atoms with Gasteiger partial charge in [-0.05, 0) is 19.1 Å². The fourth-order valence-electron chi connectivity index (χ4n) is 1.19. The van der Waals surface area contributed by atoms with Crippen LogP contribution < -0.4 is 0 Å². The number of hydrazone groups is 1. The Bertz CT molecular complexity index is 339. The van der Waals surface area contributed by atoms with Gasteiger partial charge in [-0.1, -0.05) is 29.3 Å². The van der Waals surface area contributed by atoms with Crippen molar-refractivity contribution in [3.05, 3.63) is 33.8 Å². The molecule has 0 fully saturated rings. The molecule has 76 valence electrons. The molecular weight excluding hydrogens is 219 g/mol. The first-order valence-corrected chi connectivity index (χ1v) is 4.95. The fraction of sp³-hybridized carbons (Fsp3) is 0.300. The van der Waals surface area contributed by atoms with Crippen molar-refractivity contribution in [1.82, 2.24) is 5.01 Å². The van der Waals surface area contributed by atoms with Gasteiger partial charge in [-0.2, -0.15) is 5.10 Å². The Kier molecular flexibility index (Phi) is 3.78. The topological polar surface area (TPSA) is 15.6 Å². The number of hydrogen-bond donors (Lipinski definition) is 0. The molecule has 1 aromatic rings. The lowest BCUT2D eigenvalue weighted by Gasteiger charge is -2.09. The van der Waals surface area contributed by atoms with Crippen molar-refractivity contribution in [1.29, 1.82) is 0 Å². The number of rotatable bonds is 2. The SMILES string of the molecule is CC(=NN(C)C)c1c(Cl)cccc1Cl. The van der Waals surface area contributed by atoms with E-state index in [0.29, 0.717) is 10.0 Å². The summed E-state index contributed by atoms with van der Waals surface area (Å²) >= 11 is 12.0. The predicted molar refractivity (Wildman–Crippen MR) is 62.4 cm³/mol. The summed E-state index contributed by atoms with van der Waals surface area (Å²) in [6.07, 6.45) is 0. The normalized spacial score (nSPS) is 11.6. The average molecular weight is 231 g/mol. The molecule has 0 amide bonds. The predicted octanol–water partition coefficient (Wildman–Crippen LogP) is 3.28. The van der Waals surface area contributed by atoms with Gasteiger partial charge < -0.3 is 5.01 Å². The largest absolute Gasteiger partial charge is 0.303 e. The van der Waals surface area contributed by atoms with E-state index in [9.17, 15) is 0 Å². The highest BCUT2D eigenvalue weighted by Crippen LogP contribution is 2.24. The van der Waals surface area contributed by atoms with Crippen molar-refractivity contribution in [2.45, 2.75) is 6.92 Å². The Morgan fingerprint density at radius 1 is 1.21 bits per heavy atom. The van der Waals surface area contributed by atoms with E-state index in [2.05, 4.69) is 5.10 Å². The Labute approximate surface area is 94.1 Å². The third-order valence-corrected chi connectivity index (χ3v) is 2.30. The smallest absolute Gasteiger partial charge is 0.0676 e. The van der Waals surface area contributed by atoms with Crippen LogP contribution in [0.5, 0.6) is 0 Å². The van der Waals surface area contributed by atoms with Gasteiger partial charge in [-0.25, -0.2) is 0 Å². The molecule has 14 heavy (non-hydrogen) atoms. The molecular formula is C10H12Cl2N2. The molecule has 0 atom stereocenters. The van der Waals surface area contributed by atoms with Gasteiger partial charge in [0.2, 0.25) is 0 Å². The minimum Gasteiger partial charge on any atom is -0.303 e. The highest BCUT2D eigenvalue weighted by molar-refractivity contribution is 6.40. The Balaban J connectivity index is 3.18. The highest BCUT2D eigenvalue weighted by atomic mass is 35.5. The summed E-state index contributed by atoms with van der Waals surface area (Å²) in [5.74, 6) is 0. The first-order valence-electron chi connectivity index (χ1n) is 4.19. The summed E-state index contributed by atoms with van der Waals surface area (Å²) in [6.45, 7) is 1.88. The maximum atomic E-state index is 6.02. The minimum absolute atomic E-state index is 0.626. The van der Waals surface area contributed by atoms with E-state index in [0.717, 1.165) is 11.3 Å². The third-order valence-electron chi connectivity index (χ3n) is 1.67. The first kappa shape index (κ1) is 11.3. The lowest BCUT2D eigenvalue weighted by atomic mass is 10.1. The van der Waals surface area contributed by atoms with Crippen LogP contribution in [0, 0.1) is 0 Å². The zero-order chi connectivity index (χ0) is 10.7. The molecule has 0 radical (unpaired) electrons. The average Bonchev–Trinajstić information content (AvgIpc) is 2.01. The summed E-state index contributed by atoms with van der Waals surface area (Å²) in [5, 5.41) is 7.22. The standard InChI is InChI=1S/C10H12Cl2N2/c1-7(13-14(2)3)10-8(11)5-4-6-9(10)12/h4-6H,1-3H3. The van der Waals surface area contributed by atoms with Crippen molar-refractivity contribution < 1.29 is 0 Å². The fourth-order valence-corrected chi connectivity index (χ4v) is 1.86. The molecule has 0 aromatic heterocycles. The van der Waals surface area contributed by atoms with Crippen LogP contribution in [0.4, 0.5) is 0 Å². The second-order valence-electron chi connectivity index (χ2n) is 3.13. The van der Waals surface area contributed by atoms with Crippen LogP contribution in [0.25, 0.3) is 0 Å². The quantitative estimate of drug-likeness (QED) is 0.563. The molecule has 0 aliphatic heterocycles. The van der Waals surface area contributed by atoms with Crippen LogP contribution in [0.15, 0.2) is 23.3 Å². The van der Waals surface area contributed by atoms with Crippen LogP contribution >= 0.6 is 23.2 Å². The number of hydrogen-bond acceptors (Lipinski definition) is 2. The molecule has 0 unspecified atom stereocenters. The molecule has 0 bridgehead atoms. The lowest BCUT2D eigenvalue weighted by Crippen LogP contribution is -2.08. The van der Waals surface area contributed by atoms with Crippen molar-refractivity contribution >= 4 is 28.9 Å². The van der Waals surface area contributed by atoms with Gasteiger partial charge in [0.05, 0.1) is 15.8 Å². The molecule has 0 saturated heterocycles. The Hall–Kier alpha value is -0.730. The Morgan fingerprint density at radius 2 is 1.71 bits per heavy atom. The summed E-state index contributed by atoms with van der Waals surface area (Å²) < 4.78 is 0. The highest BCUT2D eigenvalue weighted by Gasteiger charge is 2.08. The van der Waals surface area contributed by atoms with E-state index in [1.54, 1.807) is 17.1 Å². The maximum absolute atomic E-state index is 6.02. The van der Waals surface area contributed by atoms with Crippen molar-refractivity contribution in [2.75, 3.05) is 14.1 Å². The molecule has 0 aliphatic rings. The van der Waals surface area contributed by atoms with Crippen LogP contribution in [-0.2, 0) is 0 Å². The van der Waals surface area contributed by atoms with Gasteiger partial charge in [0.15, 0.2) is 0 Å². The molecule has 0 aliphatic carbocycles. The van der Waals surface area contributed by atoms with Crippen LogP contribution in [-0.4, -0.2) is 24.8 Å². The van der Waals surface area contributed by atoms with Crippen LogP contribution in [0.1, 0.15) is 12.5 Å². The van der Waals surface area contributed by atoms with Gasteiger partial charge in [0.1, 0.15) is 0 Å². The summed E-state index contributed by atoms with van der Waals surface area (Å²) in [4.78, 5) is 0. The van der Waals surface area contributed by atoms with E-state index in [4.69, 9.17) is 23.2 Å². The Morgan fingerprint density at radius 3 is 2.14 bits per heavy atom. The third kappa shape index (κ3) is 2.63. The molecule has 2 nitrogen and oxygen atoms in total. The molecule has 0 spiro atoms. The molecule has 0 saturated carbocycles. The number of halogens is 2. The molecule has 0 heterocycles. The zero-order valence-electron chi connectivity index (χ0n) is 8.38. The van der Waals surface area contributed by atoms with Gasteiger partial charge in [0, 0.05) is 19.7 Å². The minimum atomic E-state index is 0.626. The zero-order valence-corrected chi connectivity index (χ0v) is 9.89. The first-order chi connectivity index (χ1) is 6.52. The van der Waals surface area contributed by atoms with E-state index >= 15 is 0 Å². The number of benzene rings is 1. The molecule has 0 N–H and O–H groups in total. The second-order valence-corrected chi connectivity index (χ2v) is 3.94. The van der Waals surface area contributed by atoms with Crippen molar-refractivity contribution in [2.24, 2.45) is 5.10 Å². The van der Waals surface area contributed by atoms with E-state index in [1.165, 1.54) is 0 Å². The van der Waals surface area contributed by atoms with Gasteiger partial charge in [-0.15, -0.1) is 0 Å². The monoisotopic (exact) mass is 230 g/mol. The van der Waals surface area contributed by atoms with Crippen molar-refractivity contribution in [3.8, 4) is 0 Å². The maximum Gasteiger partial charge on any atom is 0.0676 e. The van der Waals surface area contributed by atoms with Gasteiger partial charge >= 0.3 is 0 Å².